The first-order valence-corrected chi connectivity index (χ1v) is 13.4. The highest BCUT2D eigenvalue weighted by Crippen LogP contribution is 2.30. The van der Waals surface area contributed by atoms with Gasteiger partial charge < -0.3 is 19.0 Å². The first-order valence-electron chi connectivity index (χ1n) is 13.4. The third kappa shape index (κ3) is 5.80. The Morgan fingerprint density at radius 1 is 0.950 bits per heavy atom. The van der Waals surface area contributed by atoms with Crippen LogP contribution in [0.1, 0.15) is 35.5 Å². The fourth-order valence-corrected chi connectivity index (χ4v) is 4.87. The van der Waals surface area contributed by atoms with Crippen LogP contribution in [0.15, 0.2) is 84.3 Å². The van der Waals surface area contributed by atoms with Crippen LogP contribution in [0.2, 0.25) is 0 Å². The number of allylic oxidation sites excluding steroid dienone is 1. The monoisotopic (exact) mass is 538 g/mol. The van der Waals surface area contributed by atoms with Gasteiger partial charge in [-0.05, 0) is 65.8 Å². The number of nitrogens with one attached hydrogen (secondary N) is 1. The number of pyridine rings is 1. The van der Waals surface area contributed by atoms with Gasteiger partial charge >= 0.3 is 5.97 Å². The topological polar surface area (TPSA) is 78.9 Å². The van der Waals surface area contributed by atoms with E-state index in [1.807, 2.05) is 42.5 Å². The van der Waals surface area contributed by atoms with E-state index in [4.69, 9.17) is 19.0 Å². The van der Waals surface area contributed by atoms with E-state index in [0.717, 1.165) is 55.9 Å². The summed E-state index contributed by atoms with van der Waals surface area (Å²) in [6.45, 7) is 9.16. The molecule has 206 valence electrons. The van der Waals surface area contributed by atoms with Crippen molar-refractivity contribution in [1.82, 2.24) is 10.5 Å². The van der Waals surface area contributed by atoms with Crippen LogP contribution in [0.5, 0.6) is 11.5 Å². The highest BCUT2D eigenvalue weighted by Gasteiger charge is 2.30. The largest absolute Gasteiger partial charge is 0.491 e. The number of hydroxylamine groups is 1. The molecule has 0 radical (unpaired) electrons. The van der Waals surface area contributed by atoms with Gasteiger partial charge in [0.1, 0.15) is 42.2 Å². The van der Waals surface area contributed by atoms with Crippen molar-refractivity contribution in [2.75, 3.05) is 20.3 Å². The number of ether oxygens (including phenoxy) is 3. The molecular weight excluding hydrogens is 504 g/mol. The SMILES string of the molecule is COC(=O)c1cc2ccc(-c3ccc(OCC4=C(C(C)C)ONC4COc4c(C)cccc4C)cc3)cc2cn1. The van der Waals surface area contributed by atoms with Gasteiger partial charge in [-0.2, -0.15) is 0 Å². The Labute approximate surface area is 234 Å². The molecule has 0 aliphatic carbocycles. The zero-order chi connectivity index (χ0) is 28.2. The minimum atomic E-state index is -0.446. The van der Waals surface area contributed by atoms with Gasteiger partial charge in [0.15, 0.2) is 0 Å². The van der Waals surface area contributed by atoms with E-state index in [2.05, 4.69) is 56.4 Å². The Morgan fingerprint density at radius 3 is 2.38 bits per heavy atom. The van der Waals surface area contributed by atoms with E-state index in [-0.39, 0.29) is 12.0 Å². The Kier molecular flexibility index (Phi) is 8.03. The number of esters is 1. The van der Waals surface area contributed by atoms with E-state index in [1.54, 1.807) is 12.3 Å². The van der Waals surface area contributed by atoms with Crippen molar-refractivity contribution in [3.8, 4) is 22.6 Å². The van der Waals surface area contributed by atoms with Crippen LogP contribution < -0.4 is 15.0 Å². The van der Waals surface area contributed by atoms with Gasteiger partial charge in [0.25, 0.3) is 0 Å². The maximum Gasteiger partial charge on any atom is 0.356 e. The maximum atomic E-state index is 11.8. The molecular formula is C33H34N2O5. The lowest BCUT2D eigenvalue weighted by atomic mass is 10.0. The molecule has 0 fully saturated rings. The van der Waals surface area contributed by atoms with E-state index in [0.29, 0.717) is 18.9 Å². The number of rotatable bonds is 9. The molecule has 7 heteroatoms. The summed E-state index contributed by atoms with van der Waals surface area (Å²) in [5.74, 6) is 2.34. The lowest BCUT2D eigenvalue weighted by Crippen LogP contribution is -2.32. The minimum Gasteiger partial charge on any atom is -0.491 e. The van der Waals surface area contributed by atoms with Crippen LogP contribution in [0.4, 0.5) is 0 Å². The van der Waals surface area contributed by atoms with Gasteiger partial charge in [-0.15, -0.1) is 5.48 Å². The second-order valence-corrected chi connectivity index (χ2v) is 10.3. The molecule has 0 saturated carbocycles. The summed E-state index contributed by atoms with van der Waals surface area (Å²) in [6, 6.07) is 21.9. The van der Waals surface area contributed by atoms with Crippen LogP contribution >= 0.6 is 0 Å². The van der Waals surface area contributed by atoms with Crippen LogP contribution in [0.3, 0.4) is 0 Å². The highest BCUT2D eigenvalue weighted by atomic mass is 16.7. The van der Waals surface area contributed by atoms with Gasteiger partial charge in [0.2, 0.25) is 0 Å². The van der Waals surface area contributed by atoms with Crippen LogP contribution in [0, 0.1) is 19.8 Å². The molecule has 3 aromatic carbocycles. The third-order valence-corrected chi connectivity index (χ3v) is 7.07. The highest BCUT2D eigenvalue weighted by molar-refractivity contribution is 5.94. The van der Waals surface area contributed by atoms with Gasteiger partial charge in [-0.25, -0.2) is 9.78 Å². The molecule has 1 N–H and O–H groups in total. The molecule has 4 aromatic rings. The quantitative estimate of drug-likeness (QED) is 0.241. The van der Waals surface area contributed by atoms with E-state index in [9.17, 15) is 4.79 Å². The molecule has 1 unspecified atom stereocenters. The first-order chi connectivity index (χ1) is 19.3. The standard InChI is InChI=1S/C33H34N2O5/c1-20(2)31-28(30(35-40-31)19-39-32-21(3)7-6-8-22(32)4)18-38-27-13-11-23(12-14-27)24-9-10-25-16-29(33(36)37-5)34-17-26(25)15-24/h6-17,20,30,35H,18-19H2,1-5H3. The van der Waals surface area contributed by atoms with Gasteiger partial charge in [-0.3, -0.25) is 0 Å². The molecule has 0 amide bonds. The Bertz CT molecular complexity index is 1540. The summed E-state index contributed by atoms with van der Waals surface area (Å²) >= 11 is 0. The van der Waals surface area contributed by atoms with Crippen LogP contribution in [-0.4, -0.2) is 37.3 Å². The average molecular weight is 539 g/mol. The molecule has 1 atom stereocenters. The van der Waals surface area contributed by atoms with Crippen molar-refractivity contribution < 1.29 is 23.8 Å². The van der Waals surface area contributed by atoms with Crippen molar-refractivity contribution >= 4 is 16.7 Å². The number of hydrogen-bond donors (Lipinski definition) is 1. The van der Waals surface area contributed by atoms with Crippen molar-refractivity contribution in [3.63, 3.8) is 0 Å². The van der Waals surface area contributed by atoms with Crippen LogP contribution in [-0.2, 0) is 9.57 Å². The molecule has 5 rings (SSSR count). The van der Waals surface area contributed by atoms with E-state index < -0.39 is 5.97 Å². The molecule has 1 aromatic heterocycles. The zero-order valence-electron chi connectivity index (χ0n) is 23.5. The zero-order valence-corrected chi connectivity index (χ0v) is 23.5. The van der Waals surface area contributed by atoms with Crippen molar-refractivity contribution in [2.24, 2.45) is 5.92 Å². The summed E-state index contributed by atoms with van der Waals surface area (Å²) in [5.41, 5.74) is 8.80. The molecule has 0 saturated heterocycles. The molecule has 7 nitrogen and oxygen atoms in total. The Balaban J connectivity index is 1.27. The normalized spacial score (nSPS) is 14.9. The van der Waals surface area contributed by atoms with Crippen molar-refractivity contribution in [2.45, 2.75) is 33.7 Å². The summed E-state index contributed by atoms with van der Waals surface area (Å²) in [5, 5.41) is 1.87. The average Bonchev–Trinajstić information content (AvgIpc) is 3.38. The summed E-state index contributed by atoms with van der Waals surface area (Å²) in [6.07, 6.45) is 1.70. The molecule has 1 aliphatic rings. The number of hydrogen-bond acceptors (Lipinski definition) is 7. The van der Waals surface area contributed by atoms with Crippen molar-refractivity contribution in [1.29, 1.82) is 0 Å². The molecule has 40 heavy (non-hydrogen) atoms. The molecule has 1 aliphatic heterocycles. The van der Waals surface area contributed by atoms with E-state index in [1.165, 1.54) is 7.11 Å². The summed E-state index contributed by atoms with van der Waals surface area (Å²) < 4.78 is 17.2. The lowest BCUT2D eigenvalue weighted by molar-refractivity contribution is 0.0594. The third-order valence-electron chi connectivity index (χ3n) is 7.07. The van der Waals surface area contributed by atoms with Gasteiger partial charge in [0, 0.05) is 23.1 Å². The smallest absolute Gasteiger partial charge is 0.356 e. The number of carbonyl (C=O) groups excluding carboxylic acids is 1. The number of fused-ring (bicyclic) bond motifs is 1. The second kappa shape index (κ2) is 11.8. The number of methoxy groups -OCH3 is 1. The predicted octanol–water partition coefficient (Wildman–Crippen LogP) is 6.58. The number of carbonyl (C=O) groups is 1. The first kappa shape index (κ1) is 27.2. The fraction of sp³-hybridized carbons (Fsp3) is 0.273. The predicted molar refractivity (Wildman–Crippen MR) is 155 cm³/mol. The number of benzene rings is 3. The molecule has 0 spiro atoms. The Morgan fingerprint density at radius 2 is 1.68 bits per heavy atom. The van der Waals surface area contributed by atoms with Crippen molar-refractivity contribution in [3.05, 3.63) is 101 Å². The number of para-hydroxylation sites is 1. The molecule has 2 heterocycles. The van der Waals surface area contributed by atoms with Gasteiger partial charge in [-0.1, -0.05) is 56.3 Å². The van der Waals surface area contributed by atoms with E-state index >= 15 is 0 Å². The van der Waals surface area contributed by atoms with Crippen LogP contribution in [0.25, 0.3) is 21.9 Å². The number of aromatic nitrogens is 1. The maximum absolute atomic E-state index is 11.8. The second-order valence-electron chi connectivity index (χ2n) is 10.3. The fourth-order valence-electron chi connectivity index (χ4n) is 4.87. The molecule has 0 bridgehead atoms. The number of aryl methyl sites for hydroxylation is 2. The van der Waals surface area contributed by atoms with Gasteiger partial charge in [0.05, 0.1) is 7.11 Å². The minimum absolute atomic E-state index is 0.110. The summed E-state index contributed by atoms with van der Waals surface area (Å²) in [7, 11) is 1.35. The lowest BCUT2D eigenvalue weighted by Gasteiger charge is -2.18. The summed E-state index contributed by atoms with van der Waals surface area (Å²) in [4.78, 5) is 21.9. The number of nitrogens with zero attached hydrogens (tertiary/aromatic N) is 1. The Hall–Kier alpha value is -4.36.